The molecule has 0 aliphatic carbocycles. The van der Waals surface area contributed by atoms with E-state index in [2.05, 4.69) is 23.1 Å². The van der Waals surface area contributed by atoms with Crippen molar-refractivity contribution in [1.82, 2.24) is 9.80 Å². The van der Waals surface area contributed by atoms with Crippen molar-refractivity contribution in [3.8, 4) is 27.3 Å². The number of nitrogens with zero attached hydrogens (tertiary/aromatic N) is 2. The number of phenols is 1. The van der Waals surface area contributed by atoms with Gasteiger partial charge in [0.05, 0.1) is 4.88 Å². The highest BCUT2D eigenvalue weighted by molar-refractivity contribution is 7.80. The first-order valence-electron chi connectivity index (χ1n) is 10.5. The minimum Gasteiger partial charge on any atom is -0.508 e. The molecular formula is C24H26N2O2S3. The van der Waals surface area contributed by atoms with Gasteiger partial charge in [-0.1, -0.05) is 77.1 Å². The van der Waals surface area contributed by atoms with Crippen molar-refractivity contribution in [2.24, 2.45) is 5.92 Å². The van der Waals surface area contributed by atoms with E-state index in [1.165, 1.54) is 0 Å². The van der Waals surface area contributed by atoms with Crippen LogP contribution in [0.4, 0.5) is 0 Å². The molecule has 2 heterocycles. The van der Waals surface area contributed by atoms with E-state index < -0.39 is 0 Å². The van der Waals surface area contributed by atoms with Crippen LogP contribution in [0.3, 0.4) is 0 Å². The molecule has 0 spiro atoms. The first-order valence-corrected chi connectivity index (χ1v) is 13.0. The Morgan fingerprint density at radius 3 is 2.42 bits per heavy atom. The van der Waals surface area contributed by atoms with Crippen LogP contribution in [-0.4, -0.2) is 47.0 Å². The van der Waals surface area contributed by atoms with Crippen molar-refractivity contribution in [2.75, 3.05) is 26.2 Å². The number of amides is 1. The van der Waals surface area contributed by atoms with Gasteiger partial charge in [0.15, 0.2) is 0 Å². The molecule has 1 saturated heterocycles. The van der Waals surface area contributed by atoms with Gasteiger partial charge in [0, 0.05) is 49.8 Å². The molecule has 2 aromatic carbocycles. The number of aromatic hydroxyl groups is 1. The maximum atomic E-state index is 12.2. The minimum absolute atomic E-state index is 0.0345. The zero-order valence-electron chi connectivity index (χ0n) is 17.7. The SMILES string of the molecule is CC(C)C(=O)N1CCN(Cc2cc(-c3ssc(=S)c3-c3ccccc3)ccc2O)CC1. The van der Waals surface area contributed by atoms with Crippen LogP contribution >= 0.6 is 32.9 Å². The normalized spacial score (nSPS) is 14.9. The summed E-state index contributed by atoms with van der Waals surface area (Å²) in [5.74, 6) is 0.563. The van der Waals surface area contributed by atoms with Crippen molar-refractivity contribution in [1.29, 1.82) is 0 Å². The lowest BCUT2D eigenvalue weighted by atomic mass is 10.0. The lowest BCUT2D eigenvalue weighted by Gasteiger charge is -2.35. The lowest BCUT2D eigenvalue weighted by molar-refractivity contribution is -0.136. The predicted octanol–water partition coefficient (Wildman–Crippen LogP) is 5.88. The fourth-order valence-electron chi connectivity index (χ4n) is 3.89. The third kappa shape index (κ3) is 4.90. The second kappa shape index (κ2) is 9.61. The van der Waals surface area contributed by atoms with E-state index in [0.29, 0.717) is 12.3 Å². The van der Waals surface area contributed by atoms with Gasteiger partial charge in [0.2, 0.25) is 5.91 Å². The van der Waals surface area contributed by atoms with Gasteiger partial charge < -0.3 is 10.0 Å². The van der Waals surface area contributed by atoms with E-state index in [-0.39, 0.29) is 11.8 Å². The molecule has 0 unspecified atom stereocenters. The van der Waals surface area contributed by atoms with Crippen molar-refractivity contribution >= 4 is 38.8 Å². The minimum atomic E-state index is 0.0345. The van der Waals surface area contributed by atoms with Gasteiger partial charge in [0.25, 0.3) is 0 Å². The van der Waals surface area contributed by atoms with Crippen molar-refractivity contribution in [3.05, 3.63) is 57.9 Å². The smallest absolute Gasteiger partial charge is 0.225 e. The Bertz CT molecular complexity index is 1110. The van der Waals surface area contributed by atoms with E-state index in [1.807, 2.05) is 43.0 Å². The third-order valence-electron chi connectivity index (χ3n) is 5.61. The molecule has 1 N–H and O–H groups in total. The second-order valence-corrected chi connectivity index (χ2v) is 10.9. The summed E-state index contributed by atoms with van der Waals surface area (Å²) in [5, 5.41) is 10.5. The molecule has 1 amide bonds. The summed E-state index contributed by atoms with van der Waals surface area (Å²) < 4.78 is 0.895. The largest absolute Gasteiger partial charge is 0.508 e. The van der Waals surface area contributed by atoms with E-state index in [4.69, 9.17) is 12.2 Å². The number of piperazine rings is 1. The predicted molar refractivity (Wildman–Crippen MR) is 132 cm³/mol. The Kier molecular flexibility index (Phi) is 6.86. The Hall–Kier alpha value is -2.06. The van der Waals surface area contributed by atoms with Crippen molar-refractivity contribution in [2.45, 2.75) is 20.4 Å². The van der Waals surface area contributed by atoms with Gasteiger partial charge in [0.1, 0.15) is 9.57 Å². The molecule has 1 aliphatic heterocycles. The molecule has 0 saturated carbocycles. The highest BCUT2D eigenvalue weighted by Gasteiger charge is 2.23. The summed E-state index contributed by atoms with van der Waals surface area (Å²) in [4.78, 5) is 17.6. The Morgan fingerprint density at radius 1 is 1.03 bits per heavy atom. The molecule has 1 aromatic heterocycles. The first kappa shape index (κ1) is 22.1. The van der Waals surface area contributed by atoms with Gasteiger partial charge in [-0.3, -0.25) is 9.69 Å². The maximum absolute atomic E-state index is 12.2. The Labute approximate surface area is 195 Å². The summed E-state index contributed by atoms with van der Waals surface area (Å²) in [7, 11) is 3.31. The molecule has 0 radical (unpaired) electrons. The molecule has 0 atom stereocenters. The van der Waals surface area contributed by atoms with Crippen LogP contribution in [0.2, 0.25) is 0 Å². The number of hydrogen-bond donors (Lipinski definition) is 1. The third-order valence-corrected chi connectivity index (χ3v) is 8.67. The number of carbonyl (C=O) groups is 1. The van der Waals surface area contributed by atoms with Crippen molar-refractivity contribution in [3.63, 3.8) is 0 Å². The molecule has 31 heavy (non-hydrogen) atoms. The summed E-state index contributed by atoms with van der Waals surface area (Å²) >= 11 is 5.63. The maximum Gasteiger partial charge on any atom is 0.225 e. The van der Waals surface area contributed by atoms with Crippen LogP contribution in [0.25, 0.3) is 21.6 Å². The quantitative estimate of drug-likeness (QED) is 0.374. The Morgan fingerprint density at radius 2 is 1.74 bits per heavy atom. The summed E-state index contributed by atoms with van der Waals surface area (Å²) in [6.45, 7) is 7.66. The number of benzene rings is 2. The second-order valence-electron chi connectivity index (χ2n) is 8.12. The van der Waals surface area contributed by atoms with Gasteiger partial charge in [-0.2, -0.15) is 0 Å². The number of phenolic OH excluding ortho intramolecular Hbond substituents is 1. The van der Waals surface area contributed by atoms with E-state index in [0.717, 1.165) is 57.1 Å². The highest BCUT2D eigenvalue weighted by Crippen LogP contribution is 2.42. The topological polar surface area (TPSA) is 43.8 Å². The first-order chi connectivity index (χ1) is 14.9. The molecule has 4 nitrogen and oxygen atoms in total. The zero-order valence-corrected chi connectivity index (χ0v) is 20.2. The van der Waals surface area contributed by atoms with Crippen LogP contribution in [-0.2, 0) is 11.3 Å². The van der Waals surface area contributed by atoms with Crippen LogP contribution in [0, 0.1) is 9.74 Å². The summed E-state index contributed by atoms with van der Waals surface area (Å²) in [5.41, 5.74) is 4.21. The average Bonchev–Trinajstić information content (AvgIpc) is 3.17. The zero-order chi connectivity index (χ0) is 22.0. The van der Waals surface area contributed by atoms with Gasteiger partial charge in [-0.15, -0.1) is 0 Å². The molecule has 3 aromatic rings. The molecular weight excluding hydrogens is 444 g/mol. The standard InChI is InChI=1S/C24H26N2O2S3/c1-16(2)23(28)26-12-10-25(11-13-26)15-19-14-18(8-9-20(19)27)22-21(24(29)31-30-22)17-6-4-3-5-7-17/h3-9,14,16,27H,10-13,15H2,1-2H3. The average molecular weight is 471 g/mol. The van der Waals surface area contributed by atoms with E-state index in [9.17, 15) is 9.90 Å². The summed E-state index contributed by atoms with van der Waals surface area (Å²) in [6, 6.07) is 16.1. The fraction of sp³-hybridized carbons (Fsp3) is 0.333. The number of rotatable bonds is 5. The molecule has 0 bridgehead atoms. The summed E-state index contributed by atoms with van der Waals surface area (Å²) in [6.07, 6.45) is 0. The molecule has 1 fully saturated rings. The van der Waals surface area contributed by atoms with Gasteiger partial charge in [-0.25, -0.2) is 0 Å². The van der Waals surface area contributed by atoms with E-state index >= 15 is 0 Å². The van der Waals surface area contributed by atoms with Gasteiger partial charge in [-0.05, 0) is 29.3 Å². The highest BCUT2D eigenvalue weighted by atomic mass is 32.9. The lowest BCUT2D eigenvalue weighted by Crippen LogP contribution is -2.49. The van der Waals surface area contributed by atoms with Crippen molar-refractivity contribution < 1.29 is 9.90 Å². The monoisotopic (exact) mass is 470 g/mol. The molecule has 4 rings (SSSR count). The van der Waals surface area contributed by atoms with Crippen LogP contribution < -0.4 is 0 Å². The number of hydrogen-bond acceptors (Lipinski definition) is 6. The van der Waals surface area contributed by atoms with E-state index in [1.54, 1.807) is 26.7 Å². The van der Waals surface area contributed by atoms with Crippen LogP contribution in [0.5, 0.6) is 5.75 Å². The molecule has 162 valence electrons. The number of carbonyl (C=O) groups excluding carboxylic acids is 1. The fourth-order valence-corrected chi connectivity index (χ4v) is 6.80. The molecule has 7 heteroatoms. The van der Waals surface area contributed by atoms with Gasteiger partial charge >= 0.3 is 0 Å². The van der Waals surface area contributed by atoms with Crippen LogP contribution in [0.15, 0.2) is 48.5 Å². The molecule has 1 aliphatic rings. The Balaban J connectivity index is 1.55. The van der Waals surface area contributed by atoms with Crippen LogP contribution in [0.1, 0.15) is 19.4 Å².